The van der Waals surface area contributed by atoms with Crippen molar-refractivity contribution in [1.82, 2.24) is 9.55 Å². The van der Waals surface area contributed by atoms with Crippen LogP contribution >= 0.6 is 0 Å². The highest BCUT2D eigenvalue weighted by molar-refractivity contribution is 6.11. The Kier molecular flexibility index (Phi) is 7.75. The van der Waals surface area contributed by atoms with Crippen molar-refractivity contribution in [3.05, 3.63) is 41.6 Å². The molecule has 1 aliphatic rings. The van der Waals surface area contributed by atoms with Gasteiger partial charge in [0.1, 0.15) is 17.2 Å². The average molecular weight is 483 g/mol. The lowest BCUT2D eigenvalue weighted by Crippen LogP contribution is -2.23. The Morgan fingerprint density at radius 1 is 1.29 bits per heavy atom. The van der Waals surface area contributed by atoms with Crippen LogP contribution in [0.15, 0.2) is 28.8 Å². The number of nitrogens with one attached hydrogen (secondary N) is 2. The fourth-order valence-corrected chi connectivity index (χ4v) is 4.26. The molecule has 9 heteroatoms. The Labute approximate surface area is 205 Å². The van der Waals surface area contributed by atoms with E-state index in [1.807, 2.05) is 43.5 Å². The van der Waals surface area contributed by atoms with Crippen molar-refractivity contribution in [3.8, 4) is 0 Å². The lowest BCUT2D eigenvalue weighted by atomic mass is 10.1. The first-order valence-electron chi connectivity index (χ1n) is 12.3. The lowest BCUT2D eigenvalue weighted by Gasteiger charge is -2.15. The second kappa shape index (κ2) is 10.9. The Morgan fingerprint density at radius 3 is 2.74 bits per heavy atom. The Bertz CT molecular complexity index is 1190. The molecule has 3 aromatic rings. The monoisotopic (exact) mass is 482 g/mol. The number of aryl methyl sites for hydroxylation is 1. The summed E-state index contributed by atoms with van der Waals surface area (Å²) in [5.74, 6) is 0.850. The molecule has 1 amide bonds. The molecule has 1 fully saturated rings. The third kappa shape index (κ3) is 5.35. The summed E-state index contributed by atoms with van der Waals surface area (Å²) in [6, 6.07) is 5.81. The van der Waals surface area contributed by atoms with Gasteiger partial charge in [-0.1, -0.05) is 20.8 Å². The van der Waals surface area contributed by atoms with Crippen molar-refractivity contribution in [3.63, 3.8) is 0 Å². The summed E-state index contributed by atoms with van der Waals surface area (Å²) in [5.41, 5.74) is 2.03. The number of pyridine rings is 1. The number of methoxy groups -OCH3 is 1. The zero-order chi connectivity index (χ0) is 24.9. The van der Waals surface area contributed by atoms with Gasteiger partial charge >= 0.3 is 5.97 Å². The average Bonchev–Trinajstić information content (AvgIpc) is 3.62. The molecular formula is C26H34N4O5. The molecule has 4 rings (SSSR count). The first kappa shape index (κ1) is 24.8. The number of esters is 1. The zero-order valence-corrected chi connectivity index (χ0v) is 20.8. The smallest absolute Gasteiger partial charge is 0.356 e. The first-order valence-corrected chi connectivity index (χ1v) is 12.3. The predicted molar refractivity (Wildman–Crippen MR) is 134 cm³/mol. The van der Waals surface area contributed by atoms with Gasteiger partial charge < -0.3 is 29.1 Å². The molecule has 0 spiro atoms. The number of amides is 1. The third-order valence-corrected chi connectivity index (χ3v) is 6.53. The number of furan rings is 1. The summed E-state index contributed by atoms with van der Waals surface area (Å²) in [4.78, 5) is 30.5. The van der Waals surface area contributed by atoms with Crippen molar-refractivity contribution in [1.29, 1.82) is 0 Å². The molecule has 1 saturated heterocycles. The molecule has 1 aliphatic heterocycles. The molecule has 35 heavy (non-hydrogen) atoms. The van der Waals surface area contributed by atoms with Gasteiger partial charge in [-0.3, -0.25) is 4.79 Å². The Morgan fingerprint density at radius 2 is 2.09 bits per heavy atom. The molecule has 0 saturated carbocycles. The van der Waals surface area contributed by atoms with E-state index in [1.165, 1.54) is 7.11 Å². The standard InChI is InChI=1S/C26H34N4O5/c1-5-16(3)25(31)29-22-21-12-17(27-14-19-10-9-18(6-2)35-19)13-28-24(21)30(23(22)26(32)33-4)15-20-8-7-11-34-20/h9-10,12-13,16,20,27H,5-8,11,14-15H2,1-4H3,(H,29,31). The van der Waals surface area contributed by atoms with Crippen LogP contribution < -0.4 is 10.6 Å². The molecule has 0 aliphatic carbocycles. The maximum absolute atomic E-state index is 13.0. The minimum Gasteiger partial charge on any atom is -0.464 e. The number of anilines is 2. The van der Waals surface area contributed by atoms with Crippen LogP contribution in [0.1, 0.15) is 62.0 Å². The van der Waals surface area contributed by atoms with Gasteiger partial charge in [-0.2, -0.15) is 0 Å². The molecule has 188 valence electrons. The Hall–Kier alpha value is -3.33. The van der Waals surface area contributed by atoms with Gasteiger partial charge in [0.2, 0.25) is 5.91 Å². The maximum atomic E-state index is 13.0. The van der Waals surface area contributed by atoms with Gasteiger partial charge in [0.15, 0.2) is 5.69 Å². The second-order valence-electron chi connectivity index (χ2n) is 8.93. The minimum atomic E-state index is -0.530. The van der Waals surface area contributed by atoms with Gasteiger partial charge in [0, 0.05) is 24.3 Å². The van der Waals surface area contributed by atoms with Crippen molar-refractivity contribution >= 4 is 34.3 Å². The molecule has 9 nitrogen and oxygen atoms in total. The Balaban J connectivity index is 1.75. The van der Waals surface area contributed by atoms with Gasteiger partial charge in [0.25, 0.3) is 0 Å². The maximum Gasteiger partial charge on any atom is 0.356 e. The molecule has 0 bridgehead atoms. The number of aromatic nitrogens is 2. The highest BCUT2D eigenvalue weighted by atomic mass is 16.5. The van der Waals surface area contributed by atoms with Crippen molar-refractivity contribution < 1.29 is 23.5 Å². The summed E-state index contributed by atoms with van der Waals surface area (Å²) >= 11 is 0. The van der Waals surface area contributed by atoms with E-state index in [9.17, 15) is 9.59 Å². The van der Waals surface area contributed by atoms with Crippen LogP contribution in [-0.4, -0.2) is 41.2 Å². The molecule has 2 atom stereocenters. The highest BCUT2D eigenvalue weighted by Gasteiger charge is 2.29. The first-order chi connectivity index (χ1) is 16.9. The lowest BCUT2D eigenvalue weighted by molar-refractivity contribution is -0.119. The summed E-state index contributed by atoms with van der Waals surface area (Å²) in [6.45, 7) is 7.49. The van der Waals surface area contributed by atoms with Crippen LogP contribution in [0.25, 0.3) is 11.0 Å². The summed E-state index contributed by atoms with van der Waals surface area (Å²) in [5, 5.41) is 6.99. The van der Waals surface area contributed by atoms with Crippen LogP contribution in [0.4, 0.5) is 11.4 Å². The van der Waals surface area contributed by atoms with Crippen molar-refractivity contribution in [2.45, 2.75) is 65.6 Å². The molecule has 0 aromatic carbocycles. The van der Waals surface area contributed by atoms with Crippen molar-refractivity contribution in [2.75, 3.05) is 24.4 Å². The topological polar surface area (TPSA) is 108 Å². The molecule has 3 aromatic heterocycles. The number of ether oxygens (including phenoxy) is 2. The van der Waals surface area contributed by atoms with Crippen LogP contribution in [0.2, 0.25) is 0 Å². The zero-order valence-electron chi connectivity index (χ0n) is 20.8. The van der Waals surface area contributed by atoms with E-state index < -0.39 is 5.97 Å². The summed E-state index contributed by atoms with van der Waals surface area (Å²) in [7, 11) is 1.34. The van der Waals surface area contributed by atoms with Crippen LogP contribution in [-0.2, 0) is 33.8 Å². The second-order valence-corrected chi connectivity index (χ2v) is 8.93. The summed E-state index contributed by atoms with van der Waals surface area (Å²) in [6.07, 6.45) is 5.08. The van der Waals surface area contributed by atoms with Gasteiger partial charge in [-0.05, 0) is 37.5 Å². The number of hydrogen-bond acceptors (Lipinski definition) is 7. The van der Waals surface area contributed by atoms with Crippen molar-refractivity contribution in [2.24, 2.45) is 5.92 Å². The highest BCUT2D eigenvalue weighted by Crippen LogP contribution is 2.34. The van der Waals surface area contributed by atoms with Crippen LogP contribution in [0.5, 0.6) is 0 Å². The quantitative estimate of drug-likeness (QED) is 0.401. The fraction of sp³-hybridized carbons (Fsp3) is 0.500. The normalized spacial score (nSPS) is 16.4. The van der Waals surface area contributed by atoms with Gasteiger partial charge in [-0.25, -0.2) is 9.78 Å². The molecular weight excluding hydrogens is 448 g/mol. The van der Waals surface area contributed by atoms with E-state index in [-0.39, 0.29) is 23.6 Å². The van der Waals surface area contributed by atoms with Crippen LogP contribution in [0.3, 0.4) is 0 Å². The largest absolute Gasteiger partial charge is 0.464 e. The third-order valence-electron chi connectivity index (χ3n) is 6.53. The van der Waals surface area contributed by atoms with Gasteiger partial charge in [-0.15, -0.1) is 0 Å². The van der Waals surface area contributed by atoms with E-state index in [1.54, 1.807) is 6.20 Å². The van der Waals surface area contributed by atoms with E-state index in [4.69, 9.17) is 13.9 Å². The number of hydrogen-bond donors (Lipinski definition) is 2. The molecule has 2 N–H and O–H groups in total. The van der Waals surface area contributed by atoms with E-state index in [2.05, 4.69) is 15.6 Å². The number of carbonyl (C=O) groups excluding carboxylic acids is 2. The van der Waals surface area contributed by atoms with Gasteiger partial charge in [0.05, 0.1) is 43.9 Å². The molecule has 4 heterocycles. The number of carbonyl (C=O) groups is 2. The fourth-order valence-electron chi connectivity index (χ4n) is 4.26. The number of fused-ring (bicyclic) bond motifs is 1. The van der Waals surface area contributed by atoms with E-state index >= 15 is 0 Å². The minimum absolute atomic E-state index is 0.0292. The molecule has 0 radical (unpaired) electrons. The SMILES string of the molecule is CCc1ccc(CNc2cnc3c(c2)c(NC(=O)C(C)CC)c(C(=O)OC)n3CC2CCCO2)o1. The number of rotatable bonds is 10. The van der Waals surface area contributed by atoms with E-state index in [0.717, 1.165) is 36.5 Å². The number of nitrogens with zero attached hydrogens (tertiary/aromatic N) is 2. The molecule has 2 unspecified atom stereocenters. The van der Waals surface area contributed by atoms with Crippen LogP contribution in [0, 0.1) is 5.92 Å². The predicted octanol–water partition coefficient (Wildman–Crippen LogP) is 4.75. The van der Waals surface area contributed by atoms with E-state index in [0.29, 0.717) is 42.8 Å². The summed E-state index contributed by atoms with van der Waals surface area (Å²) < 4.78 is 18.5.